The molecule has 5 heteroatoms. The van der Waals surface area contributed by atoms with E-state index < -0.39 is 5.69 Å². The second-order valence-electron chi connectivity index (χ2n) is 1.79. The van der Waals surface area contributed by atoms with Crippen molar-refractivity contribution in [2.75, 3.05) is 0 Å². The summed E-state index contributed by atoms with van der Waals surface area (Å²) >= 11 is 0. The first-order valence-corrected chi connectivity index (χ1v) is 2.31. The summed E-state index contributed by atoms with van der Waals surface area (Å²) in [6.07, 6.45) is 0. The van der Waals surface area contributed by atoms with Gasteiger partial charge in [0.15, 0.2) is 5.52 Å². The molecule has 0 amide bonds. The minimum Gasteiger partial charge on any atom is -0.423 e. The van der Waals surface area contributed by atoms with Crippen molar-refractivity contribution in [1.82, 2.24) is 9.71 Å². The quantitative estimate of drug-likeness (QED) is 0.435. The zero-order chi connectivity index (χ0) is 6.59. The molecule has 5 nitrogen and oxygen atoms in total. The number of H-pyrrole nitrogens is 1. The van der Waals surface area contributed by atoms with E-state index in [-0.39, 0.29) is 16.5 Å². The Labute approximate surface area is 47.8 Å². The van der Waals surface area contributed by atoms with E-state index in [4.69, 9.17) is 5.21 Å². The number of hydrogen-bond acceptors (Lipinski definition) is 3. The van der Waals surface area contributed by atoms with Gasteiger partial charge in [-0.05, 0) is 0 Å². The van der Waals surface area contributed by atoms with E-state index in [0.29, 0.717) is 4.73 Å². The number of aromatic amines is 1. The van der Waals surface area contributed by atoms with Gasteiger partial charge in [-0.3, -0.25) is 9.78 Å². The number of rotatable bonds is 0. The normalized spacial score (nSPS) is 11.6. The zero-order valence-corrected chi connectivity index (χ0v) is 4.21. The van der Waals surface area contributed by atoms with Crippen molar-refractivity contribution in [3.05, 3.63) is 20.7 Å². The van der Waals surface area contributed by atoms with Gasteiger partial charge in [-0.1, -0.05) is 0 Å². The third-order valence-corrected chi connectivity index (χ3v) is 1.25. The van der Waals surface area contributed by atoms with Crippen molar-refractivity contribution < 1.29 is 5.21 Å². The number of nitrogens with zero attached hydrogens (tertiary/aromatic N) is 1. The highest BCUT2D eigenvalue weighted by molar-refractivity contribution is 5.90. The summed E-state index contributed by atoms with van der Waals surface area (Å²) in [4.78, 5) is 22.9. The van der Waals surface area contributed by atoms with Crippen molar-refractivity contribution >= 4 is 11.0 Å². The van der Waals surface area contributed by atoms with Gasteiger partial charge in [-0.2, -0.15) is 0 Å². The van der Waals surface area contributed by atoms with Crippen LogP contribution in [0.1, 0.15) is 0 Å². The molecule has 0 fully saturated rings. The monoisotopic (exact) mass is 126 g/mol. The predicted molar refractivity (Wildman–Crippen MR) is 28.4 cm³/mol. The molecule has 1 heterocycles. The minimum atomic E-state index is -0.653. The summed E-state index contributed by atoms with van der Waals surface area (Å²) < 4.78 is 0.317. The lowest BCUT2D eigenvalue weighted by atomic mass is 11.0. The first-order chi connectivity index (χ1) is 4.22. The average molecular weight is 126 g/mol. The van der Waals surface area contributed by atoms with Gasteiger partial charge in [0.05, 0.1) is 0 Å². The van der Waals surface area contributed by atoms with E-state index in [9.17, 15) is 9.59 Å². The van der Waals surface area contributed by atoms with Crippen molar-refractivity contribution in [3.8, 4) is 0 Å². The SMILES string of the molecule is O=c1c2[nH]c(=O)n(O)c12. The third-order valence-electron chi connectivity index (χ3n) is 1.25. The van der Waals surface area contributed by atoms with Crippen LogP contribution < -0.4 is 11.1 Å². The fourth-order valence-corrected chi connectivity index (χ4v) is 0.740. The van der Waals surface area contributed by atoms with Crippen LogP contribution in [0.4, 0.5) is 0 Å². The number of nitrogens with one attached hydrogen (secondary N) is 1. The van der Waals surface area contributed by atoms with Crippen molar-refractivity contribution in [2.24, 2.45) is 0 Å². The molecule has 9 heavy (non-hydrogen) atoms. The van der Waals surface area contributed by atoms with E-state index in [1.807, 2.05) is 0 Å². The molecule has 0 saturated carbocycles. The van der Waals surface area contributed by atoms with Crippen molar-refractivity contribution in [3.63, 3.8) is 0 Å². The molecule has 1 aromatic heterocycles. The zero-order valence-electron chi connectivity index (χ0n) is 4.21. The molecule has 0 spiro atoms. The predicted octanol–water partition coefficient (Wildman–Crippen LogP) is -1.20. The lowest BCUT2D eigenvalue weighted by Gasteiger charge is -1.78. The molecule has 0 atom stereocenters. The number of imidazole rings is 1. The van der Waals surface area contributed by atoms with Gasteiger partial charge >= 0.3 is 5.69 Å². The van der Waals surface area contributed by atoms with E-state index in [1.54, 1.807) is 0 Å². The second kappa shape index (κ2) is 0.928. The molecule has 0 unspecified atom stereocenters. The first-order valence-electron chi connectivity index (χ1n) is 2.31. The third kappa shape index (κ3) is 0.310. The molecule has 0 aliphatic heterocycles. The van der Waals surface area contributed by atoms with E-state index in [0.717, 1.165) is 0 Å². The van der Waals surface area contributed by atoms with Crippen LogP contribution in [0, 0.1) is 0 Å². The molecule has 2 aromatic rings. The maximum Gasteiger partial charge on any atom is 0.359 e. The molecule has 0 bridgehead atoms. The molecule has 1 aromatic carbocycles. The Hall–Kier alpha value is -1.52. The molecular formula is C4H2N2O3. The Bertz CT molecular complexity index is 425. The van der Waals surface area contributed by atoms with E-state index >= 15 is 0 Å². The van der Waals surface area contributed by atoms with Crippen LogP contribution in [0.25, 0.3) is 11.0 Å². The first kappa shape index (κ1) is 4.37. The molecule has 2 N–H and O–H groups in total. The fourth-order valence-electron chi connectivity index (χ4n) is 0.740. The molecule has 2 rings (SSSR count). The molecule has 46 valence electrons. The Morgan fingerprint density at radius 1 is 1.44 bits per heavy atom. The molecule has 0 radical (unpaired) electrons. The molecule has 0 saturated heterocycles. The van der Waals surface area contributed by atoms with E-state index in [2.05, 4.69) is 4.98 Å². The Kier molecular flexibility index (Phi) is 0.450. The second-order valence-corrected chi connectivity index (χ2v) is 1.79. The lowest BCUT2D eigenvalue weighted by molar-refractivity contribution is 0.188. The number of fused-ring (bicyclic) bond motifs is 1. The Morgan fingerprint density at radius 2 is 2.11 bits per heavy atom. The standard InChI is InChI=1S/C4H2N2O3/c7-3-1-2(3)6(9)4(8)5-1/h9H,(H,5,8). The highest BCUT2D eigenvalue weighted by Gasteiger charge is 2.21. The van der Waals surface area contributed by atoms with Crippen LogP contribution >= 0.6 is 0 Å². The largest absolute Gasteiger partial charge is 0.423 e. The van der Waals surface area contributed by atoms with Gasteiger partial charge in [-0.25, -0.2) is 4.79 Å². The van der Waals surface area contributed by atoms with Crippen LogP contribution in [-0.2, 0) is 0 Å². The smallest absolute Gasteiger partial charge is 0.359 e. The molecule has 0 aliphatic carbocycles. The summed E-state index contributed by atoms with van der Waals surface area (Å²) in [5, 5.41) is 8.62. The van der Waals surface area contributed by atoms with Crippen LogP contribution in [-0.4, -0.2) is 14.9 Å². The summed E-state index contributed by atoms with van der Waals surface area (Å²) in [7, 11) is 0. The van der Waals surface area contributed by atoms with Crippen molar-refractivity contribution in [2.45, 2.75) is 0 Å². The maximum atomic E-state index is 10.4. The number of hydrogen-bond donors (Lipinski definition) is 2. The van der Waals surface area contributed by atoms with Crippen LogP contribution in [0.15, 0.2) is 9.59 Å². The maximum absolute atomic E-state index is 10.4. The van der Waals surface area contributed by atoms with Gasteiger partial charge in [0.2, 0.25) is 5.43 Å². The topological polar surface area (TPSA) is 75.1 Å². The van der Waals surface area contributed by atoms with Crippen molar-refractivity contribution in [1.29, 1.82) is 0 Å². The Morgan fingerprint density at radius 3 is 2.44 bits per heavy atom. The summed E-state index contributed by atoms with van der Waals surface area (Å²) in [6.45, 7) is 0. The van der Waals surface area contributed by atoms with Gasteiger partial charge in [-0.15, -0.1) is 4.73 Å². The molecule has 0 aliphatic rings. The summed E-state index contributed by atoms with van der Waals surface area (Å²) in [5.41, 5.74) is -0.626. The fraction of sp³-hybridized carbons (Fsp3) is 0. The minimum absolute atomic E-state index is 0.0833. The van der Waals surface area contributed by atoms with Crippen LogP contribution in [0.2, 0.25) is 0 Å². The van der Waals surface area contributed by atoms with E-state index in [1.165, 1.54) is 0 Å². The summed E-state index contributed by atoms with van der Waals surface area (Å²) in [6, 6.07) is 0. The van der Waals surface area contributed by atoms with Crippen LogP contribution in [0.5, 0.6) is 0 Å². The van der Waals surface area contributed by atoms with Gasteiger partial charge in [0.1, 0.15) is 5.52 Å². The highest BCUT2D eigenvalue weighted by Crippen LogP contribution is 2.04. The van der Waals surface area contributed by atoms with Gasteiger partial charge in [0.25, 0.3) is 0 Å². The number of aromatic nitrogens is 2. The molecular weight excluding hydrogens is 124 g/mol. The summed E-state index contributed by atoms with van der Waals surface area (Å²) in [5.74, 6) is 0. The highest BCUT2D eigenvalue weighted by atomic mass is 16.5. The Balaban J connectivity index is 3.11. The van der Waals surface area contributed by atoms with Gasteiger partial charge < -0.3 is 5.21 Å². The van der Waals surface area contributed by atoms with Gasteiger partial charge in [0, 0.05) is 0 Å². The lowest BCUT2D eigenvalue weighted by Crippen LogP contribution is -2.16. The van der Waals surface area contributed by atoms with Crippen LogP contribution in [0.3, 0.4) is 0 Å². The average Bonchev–Trinajstić information content (AvgIpc) is 2.29.